The van der Waals surface area contributed by atoms with Gasteiger partial charge in [-0.15, -0.1) is 0 Å². The second kappa shape index (κ2) is 8.10. The molecule has 0 bridgehead atoms. The van der Waals surface area contributed by atoms with E-state index in [0.717, 1.165) is 6.07 Å². The van der Waals surface area contributed by atoms with E-state index < -0.39 is 11.4 Å². The van der Waals surface area contributed by atoms with Gasteiger partial charge in [-0.1, -0.05) is 24.3 Å². The van der Waals surface area contributed by atoms with E-state index in [2.05, 4.69) is 0 Å². The first kappa shape index (κ1) is 18.2. The van der Waals surface area contributed by atoms with Gasteiger partial charge >= 0.3 is 5.97 Å². The molecule has 1 N–H and O–H groups in total. The number of carbonyl (C=O) groups is 1. The number of fused-ring (bicyclic) bond motifs is 1. The monoisotopic (exact) mass is 341 g/mol. The lowest BCUT2D eigenvalue weighted by atomic mass is 10.2. The molecule has 2 aromatic rings. The maximum Gasteiger partial charge on any atom is 0.352 e. The van der Waals surface area contributed by atoms with Crippen LogP contribution in [0.1, 0.15) is 24.3 Å². The third-order valence-corrected chi connectivity index (χ3v) is 3.62. The molecule has 6 nitrogen and oxygen atoms in total. The van der Waals surface area contributed by atoms with Crippen LogP contribution in [0.5, 0.6) is 5.75 Å². The highest BCUT2D eigenvalue weighted by atomic mass is 16.5. The molecule has 0 aliphatic heterocycles. The van der Waals surface area contributed by atoms with Crippen LogP contribution in [0.4, 0.5) is 0 Å². The van der Waals surface area contributed by atoms with Crippen LogP contribution >= 0.6 is 0 Å². The van der Waals surface area contributed by atoms with Crippen LogP contribution in [-0.4, -0.2) is 22.2 Å². The van der Waals surface area contributed by atoms with Crippen molar-refractivity contribution in [3.63, 3.8) is 0 Å². The van der Waals surface area contributed by atoms with Crippen molar-refractivity contribution in [1.82, 2.24) is 4.57 Å². The number of hydrogen-bond donors (Lipinski definition) is 1. The topological polar surface area (TPSA) is 85.6 Å². The lowest BCUT2D eigenvalue weighted by molar-refractivity contribution is 0.0685. The first-order valence-corrected chi connectivity index (χ1v) is 7.80. The van der Waals surface area contributed by atoms with E-state index in [1.807, 2.05) is 13.8 Å². The lowest BCUT2D eigenvalue weighted by Crippen LogP contribution is -2.17. The summed E-state index contributed by atoms with van der Waals surface area (Å²) >= 11 is 0. The van der Waals surface area contributed by atoms with Crippen molar-refractivity contribution in [3.8, 4) is 5.75 Å². The number of hydrogen-bond acceptors (Lipinski definition) is 4. The van der Waals surface area contributed by atoms with Gasteiger partial charge in [0.1, 0.15) is 12.3 Å². The van der Waals surface area contributed by atoms with Crippen molar-refractivity contribution in [1.29, 1.82) is 0 Å². The highest BCUT2D eigenvalue weighted by molar-refractivity contribution is 5.90. The smallest absolute Gasteiger partial charge is 0.352 e. The van der Waals surface area contributed by atoms with Gasteiger partial charge in [0.2, 0.25) is 5.43 Å². The summed E-state index contributed by atoms with van der Waals surface area (Å²) in [5.74, 6) is -1.16. The minimum atomic E-state index is -1.21. The van der Waals surface area contributed by atoms with Crippen molar-refractivity contribution >= 4 is 16.9 Å². The Balaban J connectivity index is 2.80. The summed E-state index contributed by atoms with van der Waals surface area (Å²) in [5.41, 5.74) is -0.628. The molecule has 1 aromatic heterocycles. The van der Waals surface area contributed by atoms with Gasteiger partial charge in [-0.05, 0) is 32.0 Å². The molecular weight excluding hydrogens is 322 g/mol. The van der Waals surface area contributed by atoms with Crippen molar-refractivity contribution in [2.24, 2.45) is 0 Å². The van der Waals surface area contributed by atoms with Crippen LogP contribution in [0.2, 0.25) is 0 Å². The Kier molecular flexibility index (Phi) is 5.89. The van der Waals surface area contributed by atoms with Crippen LogP contribution < -0.4 is 15.6 Å². The molecule has 1 heterocycles. The molecule has 0 spiro atoms. The predicted molar refractivity (Wildman–Crippen MR) is 96.6 cm³/mol. The van der Waals surface area contributed by atoms with E-state index in [4.69, 9.17) is 4.74 Å². The minimum Gasteiger partial charge on any atom is -0.485 e. The number of aromatic carboxylic acids is 1. The lowest BCUT2D eigenvalue weighted by Gasteiger charge is -2.11. The zero-order valence-corrected chi connectivity index (χ0v) is 14.1. The Hall–Kier alpha value is -3.15. The Morgan fingerprint density at radius 1 is 1.12 bits per heavy atom. The third kappa shape index (κ3) is 4.03. The standard InChI is InChI=1S/C19H19NO5/c1-3-5-9-20-14-7-8-16(21)18(25-10-6-4-2)11-13(14)17(22)12-15(20)19(23)24/h3-8,11-12H,9-10H2,1-2H3,(H,23,24)/b5-3+,6-4+. The molecule has 0 atom stereocenters. The summed E-state index contributed by atoms with van der Waals surface area (Å²) in [6.07, 6.45) is 7.07. The summed E-state index contributed by atoms with van der Waals surface area (Å²) in [6, 6.07) is 5.18. The molecule has 0 amide bonds. The van der Waals surface area contributed by atoms with Crippen molar-refractivity contribution < 1.29 is 14.6 Å². The molecule has 0 unspecified atom stereocenters. The summed E-state index contributed by atoms with van der Waals surface area (Å²) in [4.78, 5) is 36.1. The van der Waals surface area contributed by atoms with Gasteiger partial charge in [0, 0.05) is 18.0 Å². The molecule has 0 saturated carbocycles. The summed E-state index contributed by atoms with van der Waals surface area (Å²) in [6.45, 7) is 4.11. The molecule has 0 saturated heterocycles. The van der Waals surface area contributed by atoms with Gasteiger partial charge in [-0.25, -0.2) is 4.79 Å². The van der Waals surface area contributed by atoms with Gasteiger partial charge in [-0.2, -0.15) is 0 Å². The maximum atomic E-state index is 12.4. The van der Waals surface area contributed by atoms with Crippen LogP contribution in [0.25, 0.3) is 10.9 Å². The first-order chi connectivity index (χ1) is 12.0. The molecule has 0 fully saturated rings. The minimum absolute atomic E-state index is 0.0471. The van der Waals surface area contributed by atoms with Crippen LogP contribution in [0, 0.1) is 0 Å². The van der Waals surface area contributed by atoms with Gasteiger partial charge in [0.15, 0.2) is 11.2 Å². The third-order valence-electron chi connectivity index (χ3n) is 3.62. The molecule has 0 radical (unpaired) electrons. The number of carboxylic acid groups (broad SMARTS) is 1. The van der Waals surface area contributed by atoms with Crippen molar-refractivity contribution in [2.75, 3.05) is 6.61 Å². The molecular formula is C19H19NO5. The fourth-order valence-electron chi connectivity index (χ4n) is 2.38. The number of ether oxygens (including phenoxy) is 1. The van der Waals surface area contributed by atoms with Gasteiger partial charge < -0.3 is 14.4 Å². The fourth-order valence-corrected chi connectivity index (χ4v) is 2.38. The Labute approximate surface area is 144 Å². The second-order valence-electron chi connectivity index (χ2n) is 5.26. The molecule has 130 valence electrons. The molecule has 0 aliphatic carbocycles. The van der Waals surface area contributed by atoms with Crippen molar-refractivity contribution in [3.05, 3.63) is 74.7 Å². The van der Waals surface area contributed by atoms with Crippen LogP contribution in [0.3, 0.4) is 0 Å². The zero-order chi connectivity index (χ0) is 18.4. The Bertz CT molecular complexity index is 970. The average Bonchev–Trinajstić information content (AvgIpc) is 2.74. The van der Waals surface area contributed by atoms with E-state index in [9.17, 15) is 19.5 Å². The number of aromatic nitrogens is 1. The van der Waals surface area contributed by atoms with E-state index in [-0.39, 0.29) is 35.4 Å². The number of nitrogens with zero attached hydrogens (tertiary/aromatic N) is 1. The van der Waals surface area contributed by atoms with E-state index in [1.54, 1.807) is 24.3 Å². The second-order valence-corrected chi connectivity index (χ2v) is 5.26. The molecule has 1 aromatic carbocycles. The van der Waals surface area contributed by atoms with Crippen LogP contribution in [0.15, 0.2) is 58.2 Å². The highest BCUT2D eigenvalue weighted by Gasteiger charge is 2.14. The van der Waals surface area contributed by atoms with Gasteiger partial charge in [-0.3, -0.25) is 9.59 Å². The maximum absolute atomic E-state index is 12.4. The Morgan fingerprint density at radius 2 is 1.84 bits per heavy atom. The summed E-state index contributed by atoms with van der Waals surface area (Å²) in [7, 11) is 0. The van der Waals surface area contributed by atoms with E-state index in [1.165, 1.54) is 22.8 Å². The van der Waals surface area contributed by atoms with Crippen LogP contribution in [-0.2, 0) is 6.54 Å². The zero-order valence-electron chi connectivity index (χ0n) is 14.1. The van der Waals surface area contributed by atoms with Gasteiger partial charge in [0.05, 0.1) is 5.52 Å². The largest absolute Gasteiger partial charge is 0.485 e. The number of allylic oxidation sites excluding steroid dienone is 3. The first-order valence-electron chi connectivity index (χ1n) is 7.80. The molecule has 0 aliphatic rings. The molecule has 2 rings (SSSR count). The SMILES string of the molecule is C/C=C/COc1cc2c(=O)cc(C(=O)O)n(C/C=C/C)c2ccc1=O. The number of rotatable bonds is 6. The quantitative estimate of drug-likeness (QED) is 0.816. The van der Waals surface area contributed by atoms with Gasteiger partial charge in [0.25, 0.3) is 0 Å². The average molecular weight is 341 g/mol. The predicted octanol–water partition coefficient (Wildman–Crippen LogP) is 2.59. The Morgan fingerprint density at radius 3 is 2.48 bits per heavy atom. The summed E-state index contributed by atoms with van der Waals surface area (Å²) < 4.78 is 6.90. The number of pyridine rings is 1. The fraction of sp³-hybridized carbons (Fsp3) is 0.211. The van der Waals surface area contributed by atoms with E-state index >= 15 is 0 Å². The summed E-state index contributed by atoms with van der Waals surface area (Å²) in [5, 5.41) is 9.61. The highest BCUT2D eigenvalue weighted by Crippen LogP contribution is 2.16. The van der Waals surface area contributed by atoms with Crippen molar-refractivity contribution in [2.45, 2.75) is 20.4 Å². The van der Waals surface area contributed by atoms with E-state index in [0.29, 0.717) is 5.52 Å². The molecule has 6 heteroatoms. The molecule has 25 heavy (non-hydrogen) atoms. The normalized spacial score (nSPS) is 11.4. The number of carboxylic acids is 1.